The fourth-order valence-corrected chi connectivity index (χ4v) is 5.63. The number of ketones is 1. The second-order valence-electron chi connectivity index (χ2n) is 9.20. The number of rotatable bonds is 6. The van der Waals surface area contributed by atoms with Crippen LogP contribution in [0.5, 0.6) is 0 Å². The predicted octanol–water partition coefficient (Wildman–Crippen LogP) is 3.22. The molecule has 5 rings (SSSR count). The van der Waals surface area contributed by atoms with E-state index in [4.69, 9.17) is 4.74 Å². The number of fused-ring (bicyclic) bond motifs is 5. The molecule has 2 aliphatic carbocycles. The van der Waals surface area contributed by atoms with Gasteiger partial charge in [-0.2, -0.15) is 0 Å². The molecule has 2 saturated carbocycles. The van der Waals surface area contributed by atoms with Gasteiger partial charge in [0.2, 0.25) is 11.8 Å². The van der Waals surface area contributed by atoms with Crippen molar-refractivity contribution in [3.05, 3.63) is 59.7 Å². The number of imide groups is 1. The Morgan fingerprint density at radius 1 is 0.941 bits per heavy atom. The van der Waals surface area contributed by atoms with Crippen LogP contribution in [0.3, 0.4) is 0 Å². The molecule has 1 saturated heterocycles. The van der Waals surface area contributed by atoms with E-state index in [9.17, 15) is 24.0 Å². The fraction of sp³-hybridized carbons (Fsp3) is 0.346. The Morgan fingerprint density at radius 2 is 1.59 bits per heavy atom. The van der Waals surface area contributed by atoms with Gasteiger partial charge in [-0.25, -0.2) is 4.79 Å². The van der Waals surface area contributed by atoms with Crippen molar-refractivity contribution in [2.24, 2.45) is 23.7 Å². The standard InChI is InChI=1S/C26H24N2O6/c1-14(29)15-7-9-19(10-8-15)27-21(30)13-34-26(33)18-3-2-4-20(12-18)28-24(31)22-16-5-6-17(11-16)23(22)25(28)32/h2-4,7-10,12,16-17,22-23H,5-6,11,13H2,1H3,(H,27,30)/t16-,17-,22-,23-/m0/s1. The van der Waals surface area contributed by atoms with Gasteiger partial charge in [0.1, 0.15) is 0 Å². The van der Waals surface area contributed by atoms with Crippen molar-refractivity contribution in [3.63, 3.8) is 0 Å². The lowest BCUT2D eigenvalue weighted by Gasteiger charge is -2.19. The van der Waals surface area contributed by atoms with Crippen LogP contribution in [0.25, 0.3) is 0 Å². The number of ether oxygens (including phenoxy) is 1. The maximum absolute atomic E-state index is 13.0. The molecule has 3 aliphatic rings. The van der Waals surface area contributed by atoms with E-state index in [1.807, 2.05) is 0 Å². The van der Waals surface area contributed by atoms with Crippen LogP contribution < -0.4 is 10.2 Å². The molecule has 1 heterocycles. The average Bonchev–Trinajstić information content (AvgIpc) is 3.51. The van der Waals surface area contributed by atoms with E-state index in [0.717, 1.165) is 19.3 Å². The number of benzene rings is 2. The minimum Gasteiger partial charge on any atom is -0.452 e. The number of nitrogens with one attached hydrogen (secondary N) is 1. The molecule has 174 valence electrons. The molecule has 8 nitrogen and oxygen atoms in total. The van der Waals surface area contributed by atoms with Crippen LogP contribution >= 0.6 is 0 Å². The molecule has 0 aromatic heterocycles. The van der Waals surface area contributed by atoms with E-state index in [1.54, 1.807) is 36.4 Å². The first-order valence-electron chi connectivity index (χ1n) is 11.4. The van der Waals surface area contributed by atoms with Gasteiger partial charge in [0.15, 0.2) is 12.4 Å². The number of hydrogen-bond acceptors (Lipinski definition) is 6. The van der Waals surface area contributed by atoms with E-state index < -0.39 is 18.5 Å². The normalized spacial score (nSPS) is 24.8. The van der Waals surface area contributed by atoms with Crippen LogP contribution in [0.1, 0.15) is 46.9 Å². The van der Waals surface area contributed by atoms with Crippen LogP contribution in [0, 0.1) is 23.7 Å². The van der Waals surface area contributed by atoms with Gasteiger partial charge in [-0.3, -0.25) is 24.1 Å². The van der Waals surface area contributed by atoms with E-state index in [2.05, 4.69) is 5.32 Å². The zero-order valence-corrected chi connectivity index (χ0v) is 18.7. The first-order chi connectivity index (χ1) is 16.3. The first-order valence-corrected chi connectivity index (χ1v) is 11.4. The van der Waals surface area contributed by atoms with Gasteiger partial charge in [-0.05, 0) is 80.5 Å². The van der Waals surface area contributed by atoms with Crippen LogP contribution in [-0.4, -0.2) is 36.1 Å². The molecular weight excluding hydrogens is 436 g/mol. The zero-order valence-electron chi connectivity index (χ0n) is 18.7. The first kappa shape index (κ1) is 22.0. The number of carbonyl (C=O) groups excluding carboxylic acids is 5. The molecule has 1 aliphatic heterocycles. The Bertz CT molecular complexity index is 1180. The third-order valence-corrected chi connectivity index (χ3v) is 7.18. The number of Topliss-reactive ketones (excluding diaryl/α,β-unsaturated/α-hetero) is 1. The van der Waals surface area contributed by atoms with Gasteiger partial charge in [0, 0.05) is 11.3 Å². The lowest BCUT2D eigenvalue weighted by Crippen LogP contribution is -2.32. The summed E-state index contributed by atoms with van der Waals surface area (Å²) in [5, 5.41) is 2.59. The molecule has 34 heavy (non-hydrogen) atoms. The smallest absolute Gasteiger partial charge is 0.338 e. The molecule has 4 atom stereocenters. The zero-order chi connectivity index (χ0) is 24.0. The summed E-state index contributed by atoms with van der Waals surface area (Å²) in [4.78, 5) is 63.3. The number of anilines is 2. The second kappa shape index (κ2) is 8.52. The highest BCUT2D eigenvalue weighted by Crippen LogP contribution is 2.56. The molecule has 0 unspecified atom stereocenters. The van der Waals surface area contributed by atoms with Crippen molar-refractivity contribution >= 4 is 40.8 Å². The molecule has 2 bridgehead atoms. The lowest BCUT2D eigenvalue weighted by atomic mass is 9.81. The maximum Gasteiger partial charge on any atom is 0.338 e. The van der Waals surface area contributed by atoms with Crippen molar-refractivity contribution in [2.45, 2.75) is 26.2 Å². The molecule has 0 spiro atoms. The third-order valence-electron chi connectivity index (χ3n) is 7.18. The summed E-state index contributed by atoms with van der Waals surface area (Å²) in [6.07, 6.45) is 2.94. The number of hydrogen-bond donors (Lipinski definition) is 1. The average molecular weight is 460 g/mol. The minimum atomic E-state index is -0.733. The molecule has 8 heteroatoms. The summed E-state index contributed by atoms with van der Waals surface area (Å²) in [6.45, 7) is 0.944. The number of amides is 3. The highest BCUT2D eigenvalue weighted by molar-refractivity contribution is 6.22. The van der Waals surface area contributed by atoms with Gasteiger partial charge in [0.05, 0.1) is 23.1 Å². The quantitative estimate of drug-likeness (QED) is 0.403. The van der Waals surface area contributed by atoms with E-state index in [-0.39, 0.29) is 46.8 Å². The summed E-state index contributed by atoms with van der Waals surface area (Å²) in [5.41, 5.74) is 1.50. The summed E-state index contributed by atoms with van der Waals surface area (Å²) >= 11 is 0. The van der Waals surface area contributed by atoms with Crippen molar-refractivity contribution < 1.29 is 28.7 Å². The molecule has 0 radical (unpaired) electrons. The van der Waals surface area contributed by atoms with Gasteiger partial charge in [-0.1, -0.05) is 6.07 Å². The van der Waals surface area contributed by atoms with Gasteiger partial charge in [-0.15, -0.1) is 0 Å². The SMILES string of the molecule is CC(=O)c1ccc(NC(=O)COC(=O)c2cccc(N3C(=O)[C@H]4[C@H]5CC[C@@H](C5)[C@@H]4C3=O)c2)cc1. The second-order valence-corrected chi connectivity index (χ2v) is 9.20. The van der Waals surface area contributed by atoms with Crippen LogP contribution in [0.4, 0.5) is 11.4 Å². The van der Waals surface area contributed by atoms with E-state index in [1.165, 1.54) is 24.0 Å². The van der Waals surface area contributed by atoms with E-state index >= 15 is 0 Å². The minimum absolute atomic E-state index is 0.0815. The summed E-state index contributed by atoms with van der Waals surface area (Å²) in [6, 6.07) is 12.6. The molecular formula is C26H24N2O6. The van der Waals surface area contributed by atoms with Crippen LogP contribution in [0.15, 0.2) is 48.5 Å². The van der Waals surface area contributed by atoms with Gasteiger partial charge >= 0.3 is 5.97 Å². The van der Waals surface area contributed by atoms with Crippen LogP contribution in [0.2, 0.25) is 0 Å². The Kier molecular flexibility index (Phi) is 5.51. The Morgan fingerprint density at radius 3 is 2.21 bits per heavy atom. The number of esters is 1. The van der Waals surface area contributed by atoms with Crippen molar-refractivity contribution in [2.75, 3.05) is 16.8 Å². The molecule has 2 aromatic rings. The van der Waals surface area contributed by atoms with Crippen LogP contribution in [-0.2, 0) is 19.1 Å². The van der Waals surface area contributed by atoms with E-state index in [0.29, 0.717) is 16.9 Å². The third kappa shape index (κ3) is 3.79. The van der Waals surface area contributed by atoms with Gasteiger partial charge in [0.25, 0.3) is 5.91 Å². The van der Waals surface area contributed by atoms with Crippen molar-refractivity contribution in [1.29, 1.82) is 0 Å². The topological polar surface area (TPSA) is 110 Å². The summed E-state index contributed by atoms with van der Waals surface area (Å²) in [7, 11) is 0. The highest BCUT2D eigenvalue weighted by atomic mass is 16.5. The Hall–Kier alpha value is -3.81. The Balaban J connectivity index is 1.22. The molecule has 3 fully saturated rings. The molecule has 1 N–H and O–H groups in total. The Labute approximate surface area is 196 Å². The number of nitrogens with zero attached hydrogens (tertiary/aromatic N) is 1. The lowest BCUT2D eigenvalue weighted by molar-refractivity contribution is -0.123. The largest absolute Gasteiger partial charge is 0.452 e. The summed E-state index contributed by atoms with van der Waals surface area (Å²) in [5.74, 6) is -1.63. The van der Waals surface area contributed by atoms with Gasteiger partial charge < -0.3 is 10.1 Å². The number of carbonyl (C=O) groups is 5. The van der Waals surface area contributed by atoms with Crippen molar-refractivity contribution in [1.82, 2.24) is 0 Å². The molecule has 2 aromatic carbocycles. The van der Waals surface area contributed by atoms with Crippen molar-refractivity contribution in [3.8, 4) is 0 Å². The summed E-state index contributed by atoms with van der Waals surface area (Å²) < 4.78 is 5.12. The maximum atomic E-state index is 13.0. The molecule has 3 amide bonds. The fourth-order valence-electron chi connectivity index (χ4n) is 5.63. The monoisotopic (exact) mass is 460 g/mol. The predicted molar refractivity (Wildman–Crippen MR) is 122 cm³/mol. The highest BCUT2D eigenvalue weighted by Gasteiger charge is 2.61.